The van der Waals surface area contributed by atoms with Crippen LogP contribution in [0.3, 0.4) is 0 Å². The van der Waals surface area contributed by atoms with E-state index in [0.29, 0.717) is 6.61 Å². The first-order chi connectivity index (χ1) is 8.33. The van der Waals surface area contributed by atoms with E-state index in [1.807, 2.05) is 48.6 Å². The van der Waals surface area contributed by atoms with Gasteiger partial charge in [0.25, 0.3) is 0 Å². The Hall–Kier alpha value is -2.03. The molecule has 0 radical (unpaired) electrons. The Morgan fingerprint density at radius 2 is 2.06 bits per heavy atom. The Morgan fingerprint density at radius 3 is 2.76 bits per heavy atom. The first kappa shape index (κ1) is 11.5. The molecule has 1 aromatic carbocycles. The van der Waals surface area contributed by atoms with Crippen molar-refractivity contribution in [2.75, 3.05) is 6.61 Å². The number of nitrogens with zero attached hydrogens (tertiary/aromatic N) is 1. The smallest absolute Gasteiger partial charge is 0.414 e. The van der Waals surface area contributed by atoms with Crippen molar-refractivity contribution in [3.63, 3.8) is 0 Å². The maximum absolute atomic E-state index is 11.8. The number of hydrogen-bond donors (Lipinski definition) is 0. The molecule has 1 aliphatic heterocycles. The van der Waals surface area contributed by atoms with Crippen molar-refractivity contribution < 1.29 is 9.53 Å². The average molecular weight is 229 g/mol. The molecular formula is C14H15NO2. The molecule has 1 aromatic rings. The Balaban J connectivity index is 2.23. The number of amides is 1. The summed E-state index contributed by atoms with van der Waals surface area (Å²) in [4.78, 5) is 13.4. The second kappa shape index (κ2) is 5.34. The lowest BCUT2D eigenvalue weighted by Gasteiger charge is -2.27. The van der Waals surface area contributed by atoms with E-state index >= 15 is 0 Å². The van der Waals surface area contributed by atoms with Crippen LogP contribution in [-0.2, 0) is 4.74 Å². The molecule has 1 amide bonds. The highest BCUT2D eigenvalue weighted by Crippen LogP contribution is 2.25. The maximum atomic E-state index is 11.8. The van der Waals surface area contributed by atoms with Gasteiger partial charge in [-0.25, -0.2) is 4.79 Å². The molecule has 1 unspecified atom stereocenters. The zero-order valence-electron chi connectivity index (χ0n) is 9.74. The molecule has 3 heteroatoms. The van der Waals surface area contributed by atoms with Gasteiger partial charge in [-0.05, 0) is 18.6 Å². The minimum absolute atomic E-state index is 0.0831. The number of carbonyl (C=O) groups excluding carboxylic acids is 1. The fraction of sp³-hybridized carbons (Fsp3) is 0.214. The van der Waals surface area contributed by atoms with E-state index in [2.05, 4.69) is 0 Å². The lowest BCUT2D eigenvalue weighted by Crippen LogP contribution is -2.31. The molecule has 2 rings (SSSR count). The van der Waals surface area contributed by atoms with Gasteiger partial charge in [0, 0.05) is 6.20 Å². The second-order valence-corrected chi connectivity index (χ2v) is 3.69. The van der Waals surface area contributed by atoms with Crippen LogP contribution in [0.15, 0.2) is 54.8 Å². The summed E-state index contributed by atoms with van der Waals surface area (Å²) in [6.45, 7) is 2.19. The number of hydrogen-bond acceptors (Lipinski definition) is 2. The Kier molecular flexibility index (Phi) is 3.60. The minimum Gasteiger partial charge on any atom is -0.449 e. The van der Waals surface area contributed by atoms with Gasteiger partial charge in [0.15, 0.2) is 0 Å². The maximum Gasteiger partial charge on any atom is 0.414 e. The quantitative estimate of drug-likeness (QED) is 0.779. The zero-order chi connectivity index (χ0) is 12.1. The first-order valence-electron chi connectivity index (χ1n) is 5.68. The number of ether oxygens (including phenoxy) is 1. The van der Waals surface area contributed by atoms with Gasteiger partial charge in [0.1, 0.15) is 0 Å². The molecule has 1 heterocycles. The molecule has 0 aromatic heterocycles. The first-order valence-corrected chi connectivity index (χ1v) is 5.68. The van der Waals surface area contributed by atoms with Crippen molar-refractivity contribution >= 4 is 6.09 Å². The molecule has 0 spiro atoms. The van der Waals surface area contributed by atoms with Gasteiger partial charge in [-0.3, -0.25) is 4.90 Å². The summed E-state index contributed by atoms with van der Waals surface area (Å²) in [6, 6.07) is 9.80. The van der Waals surface area contributed by atoms with Crippen molar-refractivity contribution in [1.29, 1.82) is 0 Å². The topological polar surface area (TPSA) is 29.5 Å². The summed E-state index contributed by atoms with van der Waals surface area (Å²) in [6.07, 6.45) is 7.17. The summed E-state index contributed by atoms with van der Waals surface area (Å²) in [5.41, 5.74) is 1.07. The number of rotatable bonds is 2. The minimum atomic E-state index is -0.318. The van der Waals surface area contributed by atoms with Crippen molar-refractivity contribution in [1.82, 2.24) is 4.90 Å². The highest BCUT2D eigenvalue weighted by Gasteiger charge is 2.23. The highest BCUT2D eigenvalue weighted by molar-refractivity contribution is 5.70. The number of benzene rings is 1. The standard InChI is InChI=1S/C14H15NO2/c1-2-17-14(16)15-11-7-6-10-13(15)12-8-4-3-5-9-12/h3-11,13H,2H2,1H3. The predicted octanol–water partition coefficient (Wildman–Crippen LogP) is 3.27. The van der Waals surface area contributed by atoms with Gasteiger partial charge in [0.05, 0.1) is 12.6 Å². The average Bonchev–Trinajstić information content (AvgIpc) is 2.40. The Bertz CT molecular complexity index is 437. The van der Waals surface area contributed by atoms with E-state index in [0.717, 1.165) is 5.56 Å². The normalized spacial score (nSPS) is 18.2. The van der Waals surface area contributed by atoms with Crippen LogP contribution in [0, 0.1) is 0 Å². The molecule has 0 saturated carbocycles. The van der Waals surface area contributed by atoms with E-state index in [1.54, 1.807) is 18.0 Å². The van der Waals surface area contributed by atoms with E-state index in [-0.39, 0.29) is 12.1 Å². The molecule has 0 aliphatic carbocycles. The molecule has 17 heavy (non-hydrogen) atoms. The van der Waals surface area contributed by atoms with Crippen molar-refractivity contribution in [2.24, 2.45) is 0 Å². The van der Waals surface area contributed by atoms with E-state index in [1.165, 1.54) is 0 Å². The fourth-order valence-corrected chi connectivity index (χ4v) is 1.79. The van der Waals surface area contributed by atoms with Gasteiger partial charge >= 0.3 is 6.09 Å². The predicted molar refractivity (Wildman–Crippen MR) is 66.3 cm³/mol. The molecule has 0 saturated heterocycles. The van der Waals surface area contributed by atoms with Crippen molar-refractivity contribution in [3.05, 3.63) is 60.3 Å². The largest absolute Gasteiger partial charge is 0.449 e. The molecule has 3 nitrogen and oxygen atoms in total. The van der Waals surface area contributed by atoms with Crippen LogP contribution in [0.25, 0.3) is 0 Å². The highest BCUT2D eigenvalue weighted by atomic mass is 16.6. The molecular weight excluding hydrogens is 214 g/mol. The van der Waals surface area contributed by atoms with Gasteiger partial charge in [-0.15, -0.1) is 0 Å². The van der Waals surface area contributed by atoms with E-state index in [9.17, 15) is 4.79 Å². The Morgan fingerprint density at radius 1 is 1.29 bits per heavy atom. The van der Waals surface area contributed by atoms with Gasteiger partial charge < -0.3 is 4.74 Å². The molecule has 88 valence electrons. The second-order valence-electron chi connectivity index (χ2n) is 3.69. The van der Waals surface area contributed by atoms with Crippen molar-refractivity contribution in [2.45, 2.75) is 13.0 Å². The number of carbonyl (C=O) groups is 1. The van der Waals surface area contributed by atoms with Gasteiger partial charge in [-0.1, -0.05) is 42.5 Å². The molecule has 1 atom stereocenters. The summed E-state index contributed by atoms with van der Waals surface area (Å²) < 4.78 is 5.03. The molecule has 0 fully saturated rings. The Labute approximate surface area is 101 Å². The van der Waals surface area contributed by atoms with Crippen LogP contribution in [0.1, 0.15) is 18.5 Å². The summed E-state index contributed by atoms with van der Waals surface area (Å²) in [5.74, 6) is 0. The van der Waals surface area contributed by atoms with Gasteiger partial charge in [-0.2, -0.15) is 0 Å². The van der Waals surface area contributed by atoms with Crippen LogP contribution >= 0.6 is 0 Å². The third-order valence-corrected chi connectivity index (χ3v) is 2.57. The summed E-state index contributed by atoms with van der Waals surface area (Å²) >= 11 is 0. The third kappa shape index (κ3) is 2.56. The van der Waals surface area contributed by atoms with Crippen LogP contribution in [-0.4, -0.2) is 17.6 Å². The van der Waals surface area contributed by atoms with Crippen LogP contribution < -0.4 is 0 Å². The monoisotopic (exact) mass is 229 g/mol. The molecule has 0 bridgehead atoms. The molecule has 0 N–H and O–H groups in total. The molecule has 1 aliphatic rings. The lowest BCUT2D eigenvalue weighted by atomic mass is 10.0. The third-order valence-electron chi connectivity index (χ3n) is 2.57. The van der Waals surface area contributed by atoms with Crippen molar-refractivity contribution in [3.8, 4) is 0 Å². The zero-order valence-corrected chi connectivity index (χ0v) is 9.74. The lowest BCUT2D eigenvalue weighted by molar-refractivity contribution is 0.115. The fourth-order valence-electron chi connectivity index (χ4n) is 1.79. The van der Waals surface area contributed by atoms with Crippen LogP contribution in [0.2, 0.25) is 0 Å². The van der Waals surface area contributed by atoms with E-state index < -0.39 is 0 Å². The van der Waals surface area contributed by atoms with Gasteiger partial charge in [0.2, 0.25) is 0 Å². The number of allylic oxidation sites excluding steroid dienone is 2. The van der Waals surface area contributed by atoms with Crippen LogP contribution in [0.5, 0.6) is 0 Å². The van der Waals surface area contributed by atoms with E-state index in [4.69, 9.17) is 4.74 Å². The summed E-state index contributed by atoms with van der Waals surface area (Å²) in [7, 11) is 0. The van der Waals surface area contributed by atoms with Crippen LogP contribution in [0.4, 0.5) is 4.79 Å². The summed E-state index contributed by atoms with van der Waals surface area (Å²) in [5, 5.41) is 0. The SMILES string of the molecule is CCOC(=O)N1C=CC=CC1c1ccccc1.